The van der Waals surface area contributed by atoms with E-state index in [0.717, 1.165) is 19.3 Å². The van der Waals surface area contributed by atoms with E-state index in [2.05, 4.69) is 11.4 Å². The molecule has 1 aliphatic carbocycles. The summed E-state index contributed by atoms with van der Waals surface area (Å²) in [5, 5.41) is 12.1. The van der Waals surface area contributed by atoms with Crippen molar-refractivity contribution in [2.75, 3.05) is 13.2 Å². The second kappa shape index (κ2) is 4.06. The Balaban J connectivity index is 1.98. The van der Waals surface area contributed by atoms with Crippen molar-refractivity contribution in [1.29, 1.82) is 5.26 Å². The third kappa shape index (κ3) is 1.92. The van der Waals surface area contributed by atoms with E-state index in [9.17, 15) is 4.79 Å². The molecule has 0 radical (unpaired) electrons. The number of nitriles is 1. The van der Waals surface area contributed by atoms with Gasteiger partial charge in [-0.3, -0.25) is 4.79 Å². The maximum atomic E-state index is 12.1. The van der Waals surface area contributed by atoms with E-state index in [4.69, 9.17) is 10.00 Å². The lowest BCUT2D eigenvalue weighted by Crippen LogP contribution is -2.55. The molecule has 0 bridgehead atoms. The molecule has 88 valence electrons. The Hall–Kier alpha value is -1.08. The van der Waals surface area contributed by atoms with E-state index >= 15 is 0 Å². The summed E-state index contributed by atoms with van der Waals surface area (Å²) in [6.45, 7) is 3.42. The minimum atomic E-state index is -0.735. The van der Waals surface area contributed by atoms with Crippen LogP contribution in [0.25, 0.3) is 0 Å². The molecule has 0 atom stereocenters. The van der Waals surface area contributed by atoms with Gasteiger partial charge in [0.1, 0.15) is 5.41 Å². The standard InChI is InChI=1S/C12H18N2O2/c1-11(5-7-16-8-6-11)14-10(15)12(9-13)3-2-4-12/h2-8H2,1H3,(H,14,15). The zero-order valence-corrected chi connectivity index (χ0v) is 9.71. The molecular formula is C12H18N2O2. The molecule has 0 unspecified atom stereocenters. The van der Waals surface area contributed by atoms with Crippen molar-refractivity contribution < 1.29 is 9.53 Å². The Morgan fingerprint density at radius 1 is 1.31 bits per heavy atom. The Bertz CT molecular complexity index is 322. The largest absolute Gasteiger partial charge is 0.381 e. The van der Waals surface area contributed by atoms with Crippen LogP contribution in [0.15, 0.2) is 0 Å². The first-order chi connectivity index (χ1) is 7.60. The number of nitrogens with one attached hydrogen (secondary N) is 1. The van der Waals surface area contributed by atoms with Gasteiger partial charge in [-0.05, 0) is 39.0 Å². The Morgan fingerprint density at radius 3 is 2.38 bits per heavy atom. The number of amides is 1. The average Bonchev–Trinajstić information content (AvgIpc) is 2.17. The molecule has 1 heterocycles. The van der Waals surface area contributed by atoms with Crippen molar-refractivity contribution in [2.24, 2.45) is 5.41 Å². The van der Waals surface area contributed by atoms with Crippen LogP contribution in [0, 0.1) is 16.7 Å². The van der Waals surface area contributed by atoms with E-state index in [0.29, 0.717) is 26.1 Å². The second-order valence-electron chi connectivity index (χ2n) is 5.17. The first-order valence-electron chi connectivity index (χ1n) is 5.92. The van der Waals surface area contributed by atoms with Gasteiger partial charge < -0.3 is 10.1 Å². The zero-order chi connectivity index (χ0) is 11.6. The van der Waals surface area contributed by atoms with Crippen LogP contribution >= 0.6 is 0 Å². The monoisotopic (exact) mass is 222 g/mol. The molecule has 2 rings (SSSR count). The molecule has 1 N–H and O–H groups in total. The average molecular weight is 222 g/mol. The highest BCUT2D eigenvalue weighted by Crippen LogP contribution is 2.41. The van der Waals surface area contributed by atoms with E-state index in [-0.39, 0.29) is 11.4 Å². The molecule has 2 fully saturated rings. The summed E-state index contributed by atoms with van der Waals surface area (Å²) in [5.41, 5.74) is -0.921. The predicted octanol–water partition coefficient (Wildman–Crippen LogP) is 1.37. The molecule has 1 saturated carbocycles. The highest BCUT2D eigenvalue weighted by molar-refractivity contribution is 5.86. The lowest BCUT2D eigenvalue weighted by atomic mass is 9.69. The van der Waals surface area contributed by atoms with Gasteiger partial charge in [-0.15, -0.1) is 0 Å². The van der Waals surface area contributed by atoms with Crippen LogP contribution in [0.5, 0.6) is 0 Å². The molecule has 0 aromatic carbocycles. The molecule has 0 aromatic rings. The fourth-order valence-corrected chi connectivity index (χ4v) is 2.26. The number of ether oxygens (including phenoxy) is 1. The molecule has 4 nitrogen and oxygen atoms in total. The normalized spacial score (nSPS) is 26.2. The van der Waals surface area contributed by atoms with Crippen LogP contribution in [0.3, 0.4) is 0 Å². The summed E-state index contributed by atoms with van der Waals surface area (Å²) >= 11 is 0. The first-order valence-corrected chi connectivity index (χ1v) is 5.92. The Labute approximate surface area is 96.0 Å². The summed E-state index contributed by atoms with van der Waals surface area (Å²) in [7, 11) is 0. The smallest absolute Gasteiger partial charge is 0.240 e. The van der Waals surface area contributed by atoms with Gasteiger partial charge in [-0.1, -0.05) is 0 Å². The van der Waals surface area contributed by atoms with Crippen LogP contribution in [-0.4, -0.2) is 24.7 Å². The van der Waals surface area contributed by atoms with Crippen molar-refractivity contribution in [3.05, 3.63) is 0 Å². The number of rotatable bonds is 2. The van der Waals surface area contributed by atoms with E-state index in [1.54, 1.807) is 0 Å². The molecular weight excluding hydrogens is 204 g/mol. The van der Waals surface area contributed by atoms with E-state index in [1.165, 1.54) is 0 Å². The van der Waals surface area contributed by atoms with Crippen LogP contribution in [-0.2, 0) is 9.53 Å². The molecule has 0 aromatic heterocycles. The van der Waals surface area contributed by atoms with Crippen molar-refractivity contribution in [3.8, 4) is 6.07 Å². The van der Waals surface area contributed by atoms with E-state index < -0.39 is 5.41 Å². The fraction of sp³-hybridized carbons (Fsp3) is 0.833. The van der Waals surface area contributed by atoms with Crippen molar-refractivity contribution in [1.82, 2.24) is 5.32 Å². The van der Waals surface area contributed by atoms with Crippen molar-refractivity contribution in [3.63, 3.8) is 0 Å². The molecule has 16 heavy (non-hydrogen) atoms. The van der Waals surface area contributed by atoms with Gasteiger partial charge in [0.15, 0.2) is 0 Å². The minimum absolute atomic E-state index is 0.0781. The van der Waals surface area contributed by atoms with Gasteiger partial charge >= 0.3 is 0 Å². The number of hydrogen-bond acceptors (Lipinski definition) is 3. The molecule has 2 aliphatic rings. The predicted molar refractivity (Wildman–Crippen MR) is 58.5 cm³/mol. The molecule has 1 amide bonds. The summed E-state index contributed by atoms with van der Waals surface area (Å²) in [4.78, 5) is 12.1. The summed E-state index contributed by atoms with van der Waals surface area (Å²) in [5.74, 6) is -0.0781. The topological polar surface area (TPSA) is 62.1 Å². The summed E-state index contributed by atoms with van der Waals surface area (Å²) in [6, 6.07) is 2.18. The molecule has 0 spiro atoms. The number of hydrogen-bond donors (Lipinski definition) is 1. The van der Waals surface area contributed by atoms with Crippen LogP contribution in [0.2, 0.25) is 0 Å². The van der Waals surface area contributed by atoms with Crippen LogP contribution in [0.4, 0.5) is 0 Å². The SMILES string of the molecule is CC1(NC(=O)C2(C#N)CCC2)CCOCC1. The van der Waals surface area contributed by atoms with Crippen LogP contribution < -0.4 is 5.32 Å². The van der Waals surface area contributed by atoms with Gasteiger partial charge in [0, 0.05) is 18.8 Å². The number of carbonyl (C=O) groups excluding carboxylic acids is 1. The van der Waals surface area contributed by atoms with Crippen molar-refractivity contribution >= 4 is 5.91 Å². The molecule has 1 saturated heterocycles. The van der Waals surface area contributed by atoms with E-state index in [1.807, 2.05) is 6.92 Å². The minimum Gasteiger partial charge on any atom is -0.381 e. The molecule has 4 heteroatoms. The summed E-state index contributed by atoms with van der Waals surface area (Å²) in [6.07, 6.45) is 4.07. The van der Waals surface area contributed by atoms with Gasteiger partial charge in [0.05, 0.1) is 6.07 Å². The fourth-order valence-electron chi connectivity index (χ4n) is 2.26. The number of nitrogens with zero attached hydrogens (tertiary/aromatic N) is 1. The lowest BCUT2D eigenvalue weighted by Gasteiger charge is -2.40. The first kappa shape index (κ1) is 11.4. The van der Waals surface area contributed by atoms with Gasteiger partial charge in [0.25, 0.3) is 0 Å². The van der Waals surface area contributed by atoms with Crippen molar-refractivity contribution in [2.45, 2.75) is 44.6 Å². The maximum absolute atomic E-state index is 12.1. The third-order valence-electron chi connectivity index (χ3n) is 3.87. The highest BCUT2D eigenvalue weighted by Gasteiger charge is 2.46. The maximum Gasteiger partial charge on any atom is 0.240 e. The highest BCUT2D eigenvalue weighted by atomic mass is 16.5. The van der Waals surface area contributed by atoms with Crippen LogP contribution in [0.1, 0.15) is 39.0 Å². The van der Waals surface area contributed by atoms with Gasteiger partial charge in [0.2, 0.25) is 5.91 Å². The lowest BCUT2D eigenvalue weighted by molar-refractivity contribution is -0.134. The second-order valence-corrected chi connectivity index (χ2v) is 5.17. The Kier molecular flexibility index (Phi) is 2.90. The third-order valence-corrected chi connectivity index (χ3v) is 3.87. The van der Waals surface area contributed by atoms with Gasteiger partial charge in [-0.2, -0.15) is 5.26 Å². The molecule has 1 aliphatic heterocycles. The Morgan fingerprint density at radius 2 is 1.94 bits per heavy atom. The zero-order valence-electron chi connectivity index (χ0n) is 9.71. The quantitative estimate of drug-likeness (QED) is 0.767. The summed E-state index contributed by atoms with van der Waals surface area (Å²) < 4.78 is 5.28. The number of carbonyl (C=O) groups is 1. The van der Waals surface area contributed by atoms with Gasteiger partial charge in [-0.25, -0.2) is 0 Å².